The second kappa shape index (κ2) is 9.15. The number of benzene rings is 2. The van der Waals surface area contributed by atoms with Crippen molar-refractivity contribution in [2.45, 2.75) is 25.6 Å². The summed E-state index contributed by atoms with van der Waals surface area (Å²) in [4.78, 5) is 21.5. The molecule has 5 rings (SSSR count). The van der Waals surface area contributed by atoms with E-state index in [1.165, 1.54) is 0 Å². The molecule has 2 aromatic carbocycles. The second-order valence-corrected chi connectivity index (χ2v) is 8.48. The Kier molecular flexibility index (Phi) is 5.93. The molecule has 1 N–H and O–H groups in total. The number of pyridine rings is 2. The van der Waals surface area contributed by atoms with Gasteiger partial charge in [0.2, 0.25) is 5.56 Å². The summed E-state index contributed by atoms with van der Waals surface area (Å²) in [5, 5.41) is 1.79. The van der Waals surface area contributed by atoms with E-state index < -0.39 is 0 Å². The van der Waals surface area contributed by atoms with Gasteiger partial charge in [0.15, 0.2) is 0 Å². The van der Waals surface area contributed by atoms with E-state index in [0.717, 1.165) is 59.3 Å². The van der Waals surface area contributed by atoms with Gasteiger partial charge in [-0.2, -0.15) is 0 Å². The third-order valence-electron chi connectivity index (χ3n) is 5.96. The van der Waals surface area contributed by atoms with E-state index in [1.807, 2.05) is 42.5 Å². The Morgan fingerprint density at radius 3 is 2.72 bits per heavy atom. The van der Waals surface area contributed by atoms with Gasteiger partial charge in [0, 0.05) is 42.0 Å². The largest absolute Gasteiger partial charge is 0.372 e. The van der Waals surface area contributed by atoms with Crippen LogP contribution in [0.4, 0.5) is 5.69 Å². The predicted octanol–water partition coefficient (Wildman–Crippen LogP) is 5.43. The Morgan fingerprint density at radius 1 is 1.03 bits per heavy atom. The van der Waals surface area contributed by atoms with Gasteiger partial charge in [0.25, 0.3) is 0 Å². The van der Waals surface area contributed by atoms with Gasteiger partial charge in [-0.3, -0.25) is 9.78 Å². The van der Waals surface area contributed by atoms with Crippen molar-refractivity contribution >= 4 is 28.2 Å². The molecule has 3 heterocycles. The van der Waals surface area contributed by atoms with Crippen molar-refractivity contribution in [3.05, 3.63) is 94.0 Å². The second-order valence-electron chi connectivity index (χ2n) is 8.07. The minimum Gasteiger partial charge on any atom is -0.372 e. The molecule has 1 fully saturated rings. The fourth-order valence-electron chi connectivity index (χ4n) is 4.32. The molecule has 0 atom stereocenters. The molecule has 32 heavy (non-hydrogen) atoms. The van der Waals surface area contributed by atoms with Gasteiger partial charge in [0.05, 0.1) is 28.9 Å². The summed E-state index contributed by atoms with van der Waals surface area (Å²) in [7, 11) is 0. The van der Waals surface area contributed by atoms with E-state index in [4.69, 9.17) is 21.3 Å². The number of hydrogen-bond donors (Lipinski definition) is 1. The van der Waals surface area contributed by atoms with Gasteiger partial charge < -0.3 is 14.6 Å². The molecule has 1 aliphatic rings. The van der Waals surface area contributed by atoms with Crippen LogP contribution in [0.3, 0.4) is 0 Å². The topological polar surface area (TPSA) is 58.2 Å². The number of ether oxygens (including phenoxy) is 1. The van der Waals surface area contributed by atoms with E-state index in [-0.39, 0.29) is 11.7 Å². The first kappa shape index (κ1) is 20.7. The van der Waals surface area contributed by atoms with Gasteiger partial charge in [-0.15, -0.1) is 0 Å². The van der Waals surface area contributed by atoms with Crippen molar-refractivity contribution in [3.8, 4) is 11.1 Å². The summed E-state index contributed by atoms with van der Waals surface area (Å²) < 4.78 is 6.20. The quantitative estimate of drug-likeness (QED) is 0.445. The Labute approximate surface area is 191 Å². The predicted molar refractivity (Wildman–Crippen MR) is 129 cm³/mol. The summed E-state index contributed by atoms with van der Waals surface area (Å²) >= 11 is 6.55. The van der Waals surface area contributed by atoms with E-state index in [9.17, 15) is 4.79 Å². The number of para-hydroxylation sites is 1. The Balaban J connectivity index is 1.26. The molecule has 1 saturated heterocycles. The number of rotatable bonds is 5. The molecule has 2 aromatic heterocycles. The van der Waals surface area contributed by atoms with Crippen LogP contribution >= 0.6 is 11.6 Å². The number of fused-ring (bicyclic) bond motifs is 1. The minimum atomic E-state index is -0.136. The van der Waals surface area contributed by atoms with Crippen molar-refractivity contribution in [2.24, 2.45) is 0 Å². The van der Waals surface area contributed by atoms with E-state index in [2.05, 4.69) is 28.1 Å². The number of aromatic amines is 1. The van der Waals surface area contributed by atoms with Crippen LogP contribution < -0.4 is 10.5 Å². The number of piperidine rings is 1. The number of aromatic nitrogens is 2. The number of halogens is 1. The zero-order chi connectivity index (χ0) is 21.9. The van der Waals surface area contributed by atoms with Crippen molar-refractivity contribution < 1.29 is 4.74 Å². The molecule has 0 unspecified atom stereocenters. The monoisotopic (exact) mass is 445 g/mol. The average molecular weight is 446 g/mol. The molecule has 6 heteroatoms. The Hall–Kier alpha value is -3.15. The van der Waals surface area contributed by atoms with Gasteiger partial charge in [-0.05, 0) is 48.7 Å². The van der Waals surface area contributed by atoms with Gasteiger partial charge in [0.1, 0.15) is 0 Å². The lowest BCUT2D eigenvalue weighted by Crippen LogP contribution is -2.37. The van der Waals surface area contributed by atoms with E-state index >= 15 is 0 Å². The van der Waals surface area contributed by atoms with Crippen LogP contribution in [0.2, 0.25) is 5.02 Å². The summed E-state index contributed by atoms with van der Waals surface area (Å²) in [6, 6.07) is 21.6. The standard InChI is InChI=1S/C26H24ClN3O2/c27-22-5-3-7-24(26(22)19-10-13-28-25(31)16-19)30-14-11-21(12-15-30)32-17-20-9-8-18-4-1-2-6-23(18)29-20/h1-10,13,16,21H,11-12,14-15,17H2,(H,28,31). The first-order valence-corrected chi connectivity index (χ1v) is 11.2. The SMILES string of the molecule is O=c1cc(-c2c(Cl)cccc2N2CCC(OCc3ccc4ccccc4n3)CC2)cc[nH]1. The van der Waals surface area contributed by atoms with Crippen molar-refractivity contribution in [1.82, 2.24) is 9.97 Å². The highest BCUT2D eigenvalue weighted by atomic mass is 35.5. The van der Waals surface area contributed by atoms with Crippen molar-refractivity contribution in [1.29, 1.82) is 0 Å². The average Bonchev–Trinajstić information content (AvgIpc) is 2.83. The normalized spacial score (nSPS) is 14.7. The molecule has 0 bridgehead atoms. The number of hydrogen-bond acceptors (Lipinski definition) is 4. The zero-order valence-corrected chi connectivity index (χ0v) is 18.4. The minimum absolute atomic E-state index is 0.136. The first-order valence-electron chi connectivity index (χ1n) is 10.9. The molecule has 0 amide bonds. The van der Waals surface area contributed by atoms with Crippen LogP contribution in [0.5, 0.6) is 0 Å². The number of nitrogens with zero attached hydrogens (tertiary/aromatic N) is 2. The summed E-state index contributed by atoms with van der Waals surface area (Å²) in [6.45, 7) is 2.25. The fraction of sp³-hybridized carbons (Fsp3) is 0.231. The van der Waals surface area contributed by atoms with Crippen LogP contribution in [0.1, 0.15) is 18.5 Å². The Bertz CT molecular complexity index is 1300. The molecule has 0 saturated carbocycles. The van der Waals surface area contributed by atoms with Gasteiger partial charge in [-0.25, -0.2) is 0 Å². The zero-order valence-electron chi connectivity index (χ0n) is 17.6. The van der Waals surface area contributed by atoms with Crippen LogP contribution in [0.15, 0.2) is 77.7 Å². The number of nitrogens with one attached hydrogen (secondary N) is 1. The Morgan fingerprint density at radius 2 is 1.88 bits per heavy atom. The van der Waals surface area contributed by atoms with Crippen LogP contribution in [0.25, 0.3) is 22.0 Å². The molecule has 4 aromatic rings. The lowest BCUT2D eigenvalue weighted by molar-refractivity contribution is 0.0236. The third-order valence-corrected chi connectivity index (χ3v) is 6.28. The third kappa shape index (κ3) is 4.40. The van der Waals surface area contributed by atoms with Crippen molar-refractivity contribution in [3.63, 3.8) is 0 Å². The lowest BCUT2D eigenvalue weighted by atomic mass is 10.0. The highest BCUT2D eigenvalue weighted by Gasteiger charge is 2.23. The molecule has 0 spiro atoms. The van der Waals surface area contributed by atoms with Gasteiger partial charge >= 0.3 is 0 Å². The maximum Gasteiger partial charge on any atom is 0.248 e. The van der Waals surface area contributed by atoms with Crippen LogP contribution in [-0.2, 0) is 11.3 Å². The van der Waals surface area contributed by atoms with Crippen molar-refractivity contribution in [2.75, 3.05) is 18.0 Å². The molecule has 0 radical (unpaired) electrons. The highest BCUT2D eigenvalue weighted by molar-refractivity contribution is 6.34. The summed E-state index contributed by atoms with van der Waals surface area (Å²) in [6.07, 6.45) is 3.71. The first-order chi connectivity index (χ1) is 15.7. The lowest BCUT2D eigenvalue weighted by Gasteiger charge is -2.35. The smallest absolute Gasteiger partial charge is 0.248 e. The molecular weight excluding hydrogens is 422 g/mol. The number of H-pyrrole nitrogens is 1. The molecular formula is C26H24ClN3O2. The van der Waals surface area contributed by atoms with Gasteiger partial charge in [-0.1, -0.05) is 41.9 Å². The van der Waals surface area contributed by atoms with Crippen LogP contribution in [-0.4, -0.2) is 29.2 Å². The summed E-state index contributed by atoms with van der Waals surface area (Å²) in [5.41, 5.74) is 4.60. The fourth-order valence-corrected chi connectivity index (χ4v) is 4.60. The maximum absolute atomic E-state index is 11.8. The molecule has 1 aliphatic heterocycles. The maximum atomic E-state index is 11.8. The van der Waals surface area contributed by atoms with E-state index in [1.54, 1.807) is 12.3 Å². The highest BCUT2D eigenvalue weighted by Crippen LogP contribution is 2.37. The molecule has 162 valence electrons. The molecule has 0 aliphatic carbocycles. The number of anilines is 1. The molecule has 5 nitrogen and oxygen atoms in total. The van der Waals surface area contributed by atoms with E-state index in [0.29, 0.717) is 11.6 Å². The summed E-state index contributed by atoms with van der Waals surface area (Å²) in [5.74, 6) is 0. The van der Waals surface area contributed by atoms with Crippen LogP contribution in [0, 0.1) is 0 Å².